The molecule has 1 saturated heterocycles. The first-order chi connectivity index (χ1) is 14.1. The molecule has 166 valence electrons. The third-order valence-corrected chi connectivity index (χ3v) is 5.36. The first-order valence-corrected chi connectivity index (χ1v) is 11.0. The van der Waals surface area contributed by atoms with Crippen molar-refractivity contribution in [2.75, 3.05) is 32.8 Å². The smallest absolute Gasteiger partial charge is 0.191 e. The van der Waals surface area contributed by atoms with Crippen molar-refractivity contribution in [1.29, 1.82) is 0 Å². The fraction of sp³-hybridized carbons (Fsp3) is 0.542. The minimum Gasteiger partial charge on any atom is -0.377 e. The fourth-order valence-electron chi connectivity index (χ4n) is 3.74. The van der Waals surface area contributed by atoms with Crippen molar-refractivity contribution in [3.63, 3.8) is 0 Å². The van der Waals surface area contributed by atoms with E-state index < -0.39 is 0 Å². The third kappa shape index (κ3) is 8.04. The van der Waals surface area contributed by atoms with E-state index in [0.29, 0.717) is 18.7 Å². The Balaban J connectivity index is 0.00000320. The van der Waals surface area contributed by atoms with Crippen LogP contribution in [0.3, 0.4) is 0 Å². The second kappa shape index (κ2) is 13.1. The van der Waals surface area contributed by atoms with Gasteiger partial charge >= 0.3 is 0 Å². The number of halogens is 1. The highest BCUT2D eigenvalue weighted by Gasteiger charge is 2.19. The van der Waals surface area contributed by atoms with Gasteiger partial charge in [0.25, 0.3) is 0 Å². The van der Waals surface area contributed by atoms with Gasteiger partial charge in [0.2, 0.25) is 0 Å². The van der Waals surface area contributed by atoms with E-state index in [1.54, 1.807) is 0 Å². The molecule has 1 aliphatic rings. The molecule has 0 amide bonds. The molecule has 0 bridgehead atoms. The van der Waals surface area contributed by atoms with Crippen molar-refractivity contribution >= 4 is 40.7 Å². The summed E-state index contributed by atoms with van der Waals surface area (Å²) in [5.74, 6) is 0.919. The first kappa shape index (κ1) is 24.9. The van der Waals surface area contributed by atoms with Gasteiger partial charge in [-0.15, -0.1) is 24.0 Å². The van der Waals surface area contributed by atoms with Crippen molar-refractivity contribution in [2.45, 2.75) is 52.3 Å². The van der Waals surface area contributed by atoms with E-state index in [1.807, 2.05) is 0 Å². The maximum atomic E-state index is 5.68. The van der Waals surface area contributed by atoms with Crippen molar-refractivity contribution in [3.8, 4) is 0 Å². The van der Waals surface area contributed by atoms with E-state index in [9.17, 15) is 0 Å². The largest absolute Gasteiger partial charge is 0.377 e. The van der Waals surface area contributed by atoms with Crippen LogP contribution in [0.25, 0.3) is 10.8 Å². The molecule has 2 aromatic carbocycles. The summed E-state index contributed by atoms with van der Waals surface area (Å²) in [5, 5.41) is 9.58. The highest BCUT2D eigenvalue weighted by Crippen LogP contribution is 2.16. The predicted molar refractivity (Wildman–Crippen MR) is 138 cm³/mol. The number of hydrogen-bond donors (Lipinski definition) is 2. The zero-order valence-electron chi connectivity index (χ0n) is 18.6. The lowest BCUT2D eigenvalue weighted by Crippen LogP contribution is -2.49. The number of likely N-dealkylation sites (tertiary alicyclic amines) is 1. The van der Waals surface area contributed by atoms with Gasteiger partial charge in [0.05, 0.1) is 19.3 Å². The maximum absolute atomic E-state index is 5.68. The first-order valence-electron chi connectivity index (χ1n) is 11.0. The van der Waals surface area contributed by atoms with Crippen LogP contribution < -0.4 is 10.6 Å². The number of hydrogen-bond acceptors (Lipinski definition) is 3. The summed E-state index contributed by atoms with van der Waals surface area (Å²) in [4.78, 5) is 7.33. The molecule has 0 atom stereocenters. The molecule has 0 radical (unpaired) electrons. The molecule has 30 heavy (non-hydrogen) atoms. The molecule has 0 saturated carbocycles. The molecular formula is C24H37IN4O. The normalized spacial score (nSPS) is 15.9. The van der Waals surface area contributed by atoms with Crippen molar-refractivity contribution in [3.05, 3.63) is 48.0 Å². The van der Waals surface area contributed by atoms with Gasteiger partial charge in [0, 0.05) is 32.2 Å². The zero-order chi connectivity index (χ0) is 20.5. The Bertz CT molecular complexity index is 788. The maximum Gasteiger partial charge on any atom is 0.191 e. The number of rotatable bonds is 8. The predicted octanol–water partition coefficient (Wildman–Crippen LogP) is 4.40. The molecule has 2 aromatic rings. The number of piperidine rings is 1. The summed E-state index contributed by atoms with van der Waals surface area (Å²) in [7, 11) is 0. The van der Waals surface area contributed by atoms with Crippen LogP contribution in [0.1, 0.15) is 39.2 Å². The van der Waals surface area contributed by atoms with Crippen LogP contribution in [-0.4, -0.2) is 55.8 Å². The van der Waals surface area contributed by atoms with Gasteiger partial charge in [-0.25, -0.2) is 4.99 Å². The van der Waals surface area contributed by atoms with Crippen LogP contribution in [0.15, 0.2) is 47.5 Å². The Morgan fingerprint density at radius 1 is 1.13 bits per heavy atom. The van der Waals surface area contributed by atoms with Gasteiger partial charge in [-0.2, -0.15) is 0 Å². The number of guanidine groups is 1. The van der Waals surface area contributed by atoms with E-state index in [0.717, 1.165) is 51.6 Å². The Kier molecular flexibility index (Phi) is 10.9. The van der Waals surface area contributed by atoms with Crippen LogP contribution in [0.5, 0.6) is 0 Å². The molecule has 2 N–H and O–H groups in total. The number of fused-ring (bicyclic) bond motifs is 1. The molecule has 1 aliphatic heterocycles. The molecule has 5 nitrogen and oxygen atoms in total. The lowest BCUT2D eigenvalue weighted by atomic mass is 10.1. The SMILES string of the molecule is CCNC(=NCc1ccc2ccccc2c1)NC1CCN(CCOC(C)C)CC1.I. The van der Waals surface area contributed by atoms with Crippen LogP contribution in [0.4, 0.5) is 0 Å². The van der Waals surface area contributed by atoms with Crippen molar-refractivity contribution in [2.24, 2.45) is 4.99 Å². The molecule has 0 unspecified atom stereocenters. The second-order valence-corrected chi connectivity index (χ2v) is 8.06. The molecule has 3 rings (SSSR count). The van der Waals surface area contributed by atoms with Crippen LogP contribution in [0.2, 0.25) is 0 Å². The number of nitrogens with one attached hydrogen (secondary N) is 2. The standard InChI is InChI=1S/C24H36N4O.HI/c1-4-25-24(26-18-20-9-10-21-7-5-6-8-22(21)17-20)27-23-11-13-28(14-12-23)15-16-29-19(2)3;/h5-10,17,19,23H,4,11-16,18H2,1-3H3,(H2,25,26,27);1H. The summed E-state index contributed by atoms with van der Waals surface area (Å²) in [6, 6.07) is 15.5. The van der Waals surface area contributed by atoms with Crippen molar-refractivity contribution in [1.82, 2.24) is 15.5 Å². The lowest BCUT2D eigenvalue weighted by Gasteiger charge is -2.33. The summed E-state index contributed by atoms with van der Waals surface area (Å²) in [6.45, 7) is 11.9. The van der Waals surface area contributed by atoms with E-state index in [1.165, 1.54) is 16.3 Å². The van der Waals surface area contributed by atoms with Crippen LogP contribution in [-0.2, 0) is 11.3 Å². The molecule has 1 heterocycles. The molecular weight excluding hydrogens is 487 g/mol. The van der Waals surface area contributed by atoms with E-state index in [2.05, 4.69) is 78.8 Å². The number of benzene rings is 2. The van der Waals surface area contributed by atoms with Gasteiger partial charge < -0.3 is 20.3 Å². The van der Waals surface area contributed by atoms with Crippen LogP contribution in [0, 0.1) is 0 Å². The van der Waals surface area contributed by atoms with E-state index in [-0.39, 0.29) is 24.0 Å². The Morgan fingerprint density at radius 3 is 2.57 bits per heavy atom. The minimum absolute atomic E-state index is 0. The van der Waals surface area contributed by atoms with Crippen LogP contribution >= 0.6 is 24.0 Å². The number of ether oxygens (including phenoxy) is 1. The highest BCUT2D eigenvalue weighted by molar-refractivity contribution is 14.0. The quantitative estimate of drug-likeness (QED) is 0.306. The molecule has 0 aromatic heterocycles. The lowest BCUT2D eigenvalue weighted by molar-refractivity contribution is 0.0532. The highest BCUT2D eigenvalue weighted by atomic mass is 127. The molecule has 0 spiro atoms. The topological polar surface area (TPSA) is 48.9 Å². The summed E-state index contributed by atoms with van der Waals surface area (Å²) >= 11 is 0. The number of nitrogens with zero attached hydrogens (tertiary/aromatic N) is 2. The summed E-state index contributed by atoms with van der Waals surface area (Å²) < 4.78 is 5.68. The Morgan fingerprint density at radius 2 is 1.87 bits per heavy atom. The Labute approximate surface area is 198 Å². The second-order valence-electron chi connectivity index (χ2n) is 8.06. The average Bonchev–Trinajstić information content (AvgIpc) is 2.73. The summed E-state index contributed by atoms with van der Waals surface area (Å²) in [5.41, 5.74) is 1.24. The van der Waals surface area contributed by atoms with E-state index in [4.69, 9.17) is 9.73 Å². The van der Waals surface area contributed by atoms with Gasteiger partial charge in [0.1, 0.15) is 0 Å². The third-order valence-electron chi connectivity index (χ3n) is 5.36. The molecule has 1 fully saturated rings. The van der Waals surface area contributed by atoms with Gasteiger partial charge in [0.15, 0.2) is 5.96 Å². The zero-order valence-corrected chi connectivity index (χ0v) is 20.9. The van der Waals surface area contributed by atoms with E-state index >= 15 is 0 Å². The monoisotopic (exact) mass is 524 g/mol. The van der Waals surface area contributed by atoms with Gasteiger partial charge in [-0.1, -0.05) is 36.4 Å². The Hall–Kier alpha value is -1.38. The molecule has 0 aliphatic carbocycles. The summed E-state index contributed by atoms with van der Waals surface area (Å²) in [6.07, 6.45) is 2.60. The average molecular weight is 524 g/mol. The van der Waals surface area contributed by atoms with Crippen molar-refractivity contribution < 1.29 is 4.74 Å². The molecule has 6 heteroatoms. The number of aliphatic imine (C=N–C) groups is 1. The van der Waals surface area contributed by atoms with Gasteiger partial charge in [-0.3, -0.25) is 0 Å². The minimum atomic E-state index is 0. The fourth-order valence-corrected chi connectivity index (χ4v) is 3.74. The van der Waals surface area contributed by atoms with Gasteiger partial charge in [-0.05, 0) is 56.0 Å².